The summed E-state index contributed by atoms with van der Waals surface area (Å²) >= 11 is 11.8. The second-order valence-corrected chi connectivity index (χ2v) is 4.91. The van der Waals surface area contributed by atoms with Gasteiger partial charge in [0.05, 0.1) is 14.2 Å². The zero-order valence-electron chi connectivity index (χ0n) is 10.9. The van der Waals surface area contributed by atoms with Crippen LogP contribution in [0.4, 0.5) is 0 Å². The standard InChI is InChI=1S/C13H19Cl2NO2/c1-13(8-14,9-15)16-7-10-4-5-11(17-2)12(6-10)18-3/h4-6,16H,7-9H2,1-3H3. The summed E-state index contributed by atoms with van der Waals surface area (Å²) < 4.78 is 10.4. The maximum Gasteiger partial charge on any atom is 0.161 e. The number of methoxy groups -OCH3 is 2. The second-order valence-electron chi connectivity index (χ2n) is 4.37. The van der Waals surface area contributed by atoms with E-state index in [-0.39, 0.29) is 5.54 Å². The molecule has 0 atom stereocenters. The summed E-state index contributed by atoms with van der Waals surface area (Å²) in [6.07, 6.45) is 0. The highest BCUT2D eigenvalue weighted by molar-refractivity contribution is 6.22. The van der Waals surface area contributed by atoms with E-state index in [0.29, 0.717) is 18.3 Å². The van der Waals surface area contributed by atoms with Gasteiger partial charge >= 0.3 is 0 Å². The predicted octanol–water partition coefficient (Wildman–Crippen LogP) is 3.03. The van der Waals surface area contributed by atoms with E-state index in [9.17, 15) is 0 Å². The van der Waals surface area contributed by atoms with Crippen LogP contribution in [0.5, 0.6) is 11.5 Å². The van der Waals surface area contributed by atoms with Gasteiger partial charge in [-0.05, 0) is 24.6 Å². The first kappa shape index (κ1) is 15.4. The molecule has 0 aliphatic rings. The van der Waals surface area contributed by atoms with Gasteiger partial charge in [0.1, 0.15) is 0 Å². The monoisotopic (exact) mass is 291 g/mol. The van der Waals surface area contributed by atoms with Gasteiger partial charge in [-0.15, -0.1) is 23.2 Å². The summed E-state index contributed by atoms with van der Waals surface area (Å²) in [6.45, 7) is 2.67. The zero-order valence-corrected chi connectivity index (χ0v) is 12.4. The Balaban J connectivity index is 2.74. The van der Waals surface area contributed by atoms with Gasteiger partial charge in [0.25, 0.3) is 0 Å². The van der Waals surface area contributed by atoms with Gasteiger partial charge in [-0.25, -0.2) is 0 Å². The van der Waals surface area contributed by atoms with Crippen LogP contribution in [0.25, 0.3) is 0 Å². The fourth-order valence-electron chi connectivity index (χ4n) is 1.44. The highest BCUT2D eigenvalue weighted by Gasteiger charge is 2.21. The quantitative estimate of drug-likeness (QED) is 0.784. The van der Waals surface area contributed by atoms with Crippen molar-refractivity contribution in [3.8, 4) is 11.5 Å². The van der Waals surface area contributed by atoms with Gasteiger partial charge in [0.15, 0.2) is 11.5 Å². The van der Waals surface area contributed by atoms with E-state index in [1.807, 2.05) is 25.1 Å². The van der Waals surface area contributed by atoms with Gasteiger partial charge in [-0.1, -0.05) is 6.07 Å². The molecule has 0 saturated carbocycles. The second kappa shape index (κ2) is 7.07. The molecule has 0 radical (unpaired) electrons. The third-order valence-corrected chi connectivity index (χ3v) is 3.94. The average Bonchev–Trinajstić information content (AvgIpc) is 2.44. The molecule has 0 aromatic heterocycles. The minimum absolute atomic E-state index is 0.268. The van der Waals surface area contributed by atoms with Crippen LogP contribution in [-0.2, 0) is 6.54 Å². The van der Waals surface area contributed by atoms with Gasteiger partial charge in [-0.2, -0.15) is 0 Å². The summed E-state index contributed by atoms with van der Waals surface area (Å²) in [5.41, 5.74) is 0.824. The van der Waals surface area contributed by atoms with Crippen molar-refractivity contribution >= 4 is 23.2 Å². The molecule has 0 spiro atoms. The molecule has 0 aliphatic heterocycles. The molecule has 0 heterocycles. The third kappa shape index (κ3) is 3.94. The number of nitrogens with one attached hydrogen (secondary N) is 1. The molecule has 0 saturated heterocycles. The van der Waals surface area contributed by atoms with E-state index in [1.165, 1.54) is 0 Å². The maximum atomic E-state index is 5.89. The highest BCUT2D eigenvalue weighted by Crippen LogP contribution is 2.27. The minimum atomic E-state index is -0.268. The van der Waals surface area contributed by atoms with Gasteiger partial charge in [0, 0.05) is 23.8 Å². The molecule has 1 aromatic carbocycles. The predicted molar refractivity (Wildman–Crippen MR) is 76.2 cm³/mol. The smallest absolute Gasteiger partial charge is 0.161 e. The number of hydrogen-bond donors (Lipinski definition) is 1. The minimum Gasteiger partial charge on any atom is -0.493 e. The lowest BCUT2D eigenvalue weighted by Crippen LogP contribution is -2.45. The number of alkyl halides is 2. The summed E-state index contributed by atoms with van der Waals surface area (Å²) in [5, 5.41) is 3.34. The normalized spacial score (nSPS) is 11.4. The van der Waals surface area contributed by atoms with Crippen molar-refractivity contribution in [3.63, 3.8) is 0 Å². The van der Waals surface area contributed by atoms with Crippen LogP contribution in [0, 0.1) is 0 Å². The Kier molecular flexibility index (Phi) is 6.06. The molecule has 5 heteroatoms. The van der Waals surface area contributed by atoms with Crippen molar-refractivity contribution in [2.45, 2.75) is 19.0 Å². The number of ether oxygens (including phenoxy) is 2. The Hall–Kier alpha value is -0.640. The molecule has 1 N–H and O–H groups in total. The van der Waals surface area contributed by atoms with Crippen molar-refractivity contribution in [1.82, 2.24) is 5.32 Å². The SMILES string of the molecule is COc1ccc(CNC(C)(CCl)CCl)cc1OC. The van der Waals surface area contributed by atoms with Crippen molar-refractivity contribution in [3.05, 3.63) is 23.8 Å². The molecule has 0 amide bonds. The molecule has 0 aliphatic carbocycles. The summed E-state index contributed by atoms with van der Waals surface area (Å²) in [7, 11) is 3.24. The Morgan fingerprint density at radius 1 is 1.11 bits per heavy atom. The van der Waals surface area contributed by atoms with Crippen LogP contribution in [-0.4, -0.2) is 31.5 Å². The lowest BCUT2D eigenvalue weighted by Gasteiger charge is -2.26. The molecular weight excluding hydrogens is 273 g/mol. The topological polar surface area (TPSA) is 30.5 Å². The Labute approximate surface area is 118 Å². The van der Waals surface area contributed by atoms with Crippen LogP contribution >= 0.6 is 23.2 Å². The first-order valence-electron chi connectivity index (χ1n) is 5.66. The summed E-state index contributed by atoms with van der Waals surface area (Å²) in [5.74, 6) is 2.36. The van der Waals surface area contributed by atoms with E-state index in [4.69, 9.17) is 32.7 Å². The fourth-order valence-corrected chi connectivity index (χ4v) is 1.91. The first-order chi connectivity index (χ1) is 8.58. The number of hydrogen-bond acceptors (Lipinski definition) is 3. The van der Waals surface area contributed by atoms with Crippen LogP contribution in [0.3, 0.4) is 0 Å². The molecule has 3 nitrogen and oxygen atoms in total. The van der Waals surface area contributed by atoms with E-state index in [1.54, 1.807) is 14.2 Å². The van der Waals surface area contributed by atoms with Crippen LogP contribution in [0.15, 0.2) is 18.2 Å². The maximum absolute atomic E-state index is 5.89. The van der Waals surface area contributed by atoms with Crippen molar-refractivity contribution < 1.29 is 9.47 Å². The van der Waals surface area contributed by atoms with Crippen LogP contribution < -0.4 is 14.8 Å². The molecule has 1 rings (SSSR count). The van der Waals surface area contributed by atoms with Gasteiger partial charge in [0.2, 0.25) is 0 Å². The summed E-state index contributed by atoms with van der Waals surface area (Å²) in [6, 6.07) is 5.81. The van der Waals surface area contributed by atoms with Gasteiger partial charge < -0.3 is 14.8 Å². The van der Waals surface area contributed by atoms with Gasteiger partial charge in [-0.3, -0.25) is 0 Å². The van der Waals surface area contributed by atoms with E-state index >= 15 is 0 Å². The van der Waals surface area contributed by atoms with Crippen LogP contribution in [0.1, 0.15) is 12.5 Å². The first-order valence-corrected chi connectivity index (χ1v) is 6.73. The lowest BCUT2D eigenvalue weighted by atomic mass is 10.1. The third-order valence-electron chi connectivity index (χ3n) is 2.76. The molecular formula is C13H19Cl2NO2. The molecule has 1 aromatic rings. The molecule has 0 bridgehead atoms. The van der Waals surface area contributed by atoms with Crippen molar-refractivity contribution in [1.29, 1.82) is 0 Å². The highest BCUT2D eigenvalue weighted by atomic mass is 35.5. The van der Waals surface area contributed by atoms with Crippen molar-refractivity contribution in [2.75, 3.05) is 26.0 Å². The van der Waals surface area contributed by atoms with E-state index in [2.05, 4.69) is 5.32 Å². The molecule has 18 heavy (non-hydrogen) atoms. The largest absolute Gasteiger partial charge is 0.493 e. The molecule has 0 fully saturated rings. The molecule has 102 valence electrons. The Morgan fingerprint density at radius 3 is 2.22 bits per heavy atom. The Morgan fingerprint density at radius 2 is 1.72 bits per heavy atom. The molecule has 0 unspecified atom stereocenters. The number of rotatable bonds is 7. The average molecular weight is 292 g/mol. The number of halogens is 2. The van der Waals surface area contributed by atoms with E-state index in [0.717, 1.165) is 17.1 Å². The fraction of sp³-hybridized carbons (Fsp3) is 0.538. The summed E-state index contributed by atoms with van der Waals surface area (Å²) in [4.78, 5) is 0. The number of benzene rings is 1. The zero-order chi connectivity index (χ0) is 13.6. The van der Waals surface area contributed by atoms with Crippen molar-refractivity contribution in [2.24, 2.45) is 0 Å². The van der Waals surface area contributed by atoms with E-state index < -0.39 is 0 Å². The Bertz CT molecular complexity index is 381. The van der Waals surface area contributed by atoms with Crippen LogP contribution in [0.2, 0.25) is 0 Å². The lowest BCUT2D eigenvalue weighted by molar-refractivity contribution is 0.354.